The number of nitro groups is 1. The summed E-state index contributed by atoms with van der Waals surface area (Å²) in [5.41, 5.74) is 3.56. The highest BCUT2D eigenvalue weighted by atomic mass is 32.1. The maximum absolute atomic E-state index is 12.6. The van der Waals surface area contributed by atoms with Crippen LogP contribution in [0.2, 0.25) is 0 Å². The maximum atomic E-state index is 12.6. The number of aromatic nitrogens is 1. The van der Waals surface area contributed by atoms with E-state index in [0.29, 0.717) is 23.5 Å². The second kappa shape index (κ2) is 10.6. The Morgan fingerprint density at radius 2 is 2.06 bits per heavy atom. The molecule has 0 radical (unpaired) electrons. The van der Waals surface area contributed by atoms with Gasteiger partial charge >= 0.3 is 0 Å². The van der Waals surface area contributed by atoms with Crippen LogP contribution in [-0.2, 0) is 11.3 Å². The summed E-state index contributed by atoms with van der Waals surface area (Å²) < 4.78 is 1.90. The molecule has 2 N–H and O–H groups in total. The Labute approximate surface area is 208 Å². The first-order chi connectivity index (χ1) is 16.9. The third-order valence-electron chi connectivity index (χ3n) is 6.29. The quantitative estimate of drug-likeness (QED) is 0.184. The van der Waals surface area contributed by atoms with Gasteiger partial charge in [0.2, 0.25) is 0 Å². The third-order valence-corrected chi connectivity index (χ3v) is 7.17. The Balaban J connectivity index is 1.61. The summed E-state index contributed by atoms with van der Waals surface area (Å²) in [6.45, 7) is 4.12. The predicted molar refractivity (Wildman–Crippen MR) is 138 cm³/mol. The fraction of sp³-hybridized carbons (Fsp3) is 0.308. The molecule has 35 heavy (non-hydrogen) atoms. The Morgan fingerprint density at radius 1 is 1.29 bits per heavy atom. The Bertz CT molecular complexity index is 1310. The van der Waals surface area contributed by atoms with Crippen molar-refractivity contribution in [1.29, 1.82) is 5.26 Å². The van der Waals surface area contributed by atoms with Gasteiger partial charge in [-0.3, -0.25) is 14.9 Å². The van der Waals surface area contributed by atoms with Gasteiger partial charge in [-0.15, -0.1) is 11.3 Å². The third kappa shape index (κ3) is 5.44. The molecule has 1 fully saturated rings. The molecule has 0 aliphatic heterocycles. The summed E-state index contributed by atoms with van der Waals surface area (Å²) in [4.78, 5) is 25.0. The Morgan fingerprint density at radius 3 is 2.71 bits per heavy atom. The summed E-state index contributed by atoms with van der Waals surface area (Å²) in [6, 6.07) is 13.1. The Kier molecular flexibility index (Phi) is 7.32. The number of nitrogens with zero attached hydrogens (tertiary/aromatic N) is 3. The van der Waals surface area contributed by atoms with Gasteiger partial charge in [0.15, 0.2) is 0 Å². The molecule has 0 spiro atoms. The molecule has 1 aromatic carbocycles. The molecule has 1 aliphatic rings. The van der Waals surface area contributed by atoms with Gasteiger partial charge in [0.1, 0.15) is 17.3 Å². The second-order valence-electron chi connectivity index (χ2n) is 8.68. The van der Waals surface area contributed by atoms with Gasteiger partial charge < -0.3 is 15.2 Å². The molecular formula is C26H27N5O3S. The number of hydrogen-bond donors (Lipinski definition) is 2. The van der Waals surface area contributed by atoms with Crippen LogP contribution in [0, 0.1) is 35.3 Å². The Hall–Kier alpha value is -3.90. The molecule has 0 bridgehead atoms. The molecule has 0 atom stereocenters. The minimum Gasteiger partial charge on any atom is -0.377 e. The van der Waals surface area contributed by atoms with Crippen LogP contribution in [0.15, 0.2) is 47.4 Å². The molecule has 1 saturated carbocycles. The molecule has 2 heterocycles. The van der Waals surface area contributed by atoms with E-state index >= 15 is 0 Å². The van der Waals surface area contributed by atoms with Crippen LogP contribution in [0.3, 0.4) is 0 Å². The molecular weight excluding hydrogens is 462 g/mol. The topological polar surface area (TPSA) is 113 Å². The fourth-order valence-electron chi connectivity index (χ4n) is 4.53. The number of aryl methyl sites for hydroxylation is 1. The normalized spacial score (nSPS) is 14.0. The summed E-state index contributed by atoms with van der Waals surface area (Å²) in [7, 11) is 0. The maximum Gasteiger partial charge on any atom is 0.294 e. The van der Waals surface area contributed by atoms with Crippen molar-refractivity contribution in [3.05, 3.63) is 79.3 Å². The molecule has 3 aromatic rings. The number of carbonyl (C=O) groups is 1. The van der Waals surface area contributed by atoms with Gasteiger partial charge in [-0.05, 0) is 68.0 Å². The van der Waals surface area contributed by atoms with E-state index < -0.39 is 5.91 Å². The smallest absolute Gasteiger partial charge is 0.294 e. The van der Waals surface area contributed by atoms with Crippen molar-refractivity contribution in [3.8, 4) is 11.8 Å². The number of nitrogens with one attached hydrogen (secondary N) is 2. The first-order valence-corrected chi connectivity index (χ1v) is 12.4. The van der Waals surface area contributed by atoms with Gasteiger partial charge in [-0.1, -0.05) is 18.9 Å². The number of thiophene rings is 1. The first kappa shape index (κ1) is 24.2. The van der Waals surface area contributed by atoms with Gasteiger partial charge in [0, 0.05) is 28.4 Å². The van der Waals surface area contributed by atoms with E-state index in [1.165, 1.54) is 11.3 Å². The highest BCUT2D eigenvalue weighted by molar-refractivity contribution is 7.09. The number of hydrogen-bond acceptors (Lipinski definition) is 6. The van der Waals surface area contributed by atoms with Crippen molar-refractivity contribution in [2.45, 2.75) is 52.1 Å². The zero-order valence-electron chi connectivity index (χ0n) is 19.7. The van der Waals surface area contributed by atoms with Crippen LogP contribution in [0.5, 0.6) is 0 Å². The molecule has 0 saturated heterocycles. The SMILES string of the molecule is Cc1cc(/C=C(\C#N)C(=O)NCc2cccs2)c(C)n1-c1ccc(NC2CCCC2)c([N+](=O)[O-])c1. The van der Waals surface area contributed by atoms with Gasteiger partial charge in [0.25, 0.3) is 11.6 Å². The summed E-state index contributed by atoms with van der Waals surface area (Å²) in [5, 5.41) is 29.4. The summed E-state index contributed by atoms with van der Waals surface area (Å²) >= 11 is 1.53. The molecule has 180 valence electrons. The van der Waals surface area contributed by atoms with Crippen LogP contribution >= 0.6 is 11.3 Å². The predicted octanol–water partition coefficient (Wildman–Crippen LogP) is 5.64. The fourth-order valence-corrected chi connectivity index (χ4v) is 5.18. The largest absolute Gasteiger partial charge is 0.377 e. The van der Waals surface area contributed by atoms with Crippen molar-refractivity contribution >= 4 is 34.7 Å². The average Bonchev–Trinajstić information content (AvgIpc) is 3.59. The molecule has 0 unspecified atom stereocenters. The van der Waals surface area contributed by atoms with Gasteiger partial charge in [0.05, 0.1) is 17.2 Å². The van der Waals surface area contributed by atoms with Crippen molar-refractivity contribution in [3.63, 3.8) is 0 Å². The monoisotopic (exact) mass is 489 g/mol. The number of nitro benzene ring substituents is 1. The molecule has 8 nitrogen and oxygen atoms in total. The molecule has 4 rings (SSSR count). The van der Waals surface area contributed by atoms with Crippen LogP contribution < -0.4 is 10.6 Å². The number of nitriles is 1. The lowest BCUT2D eigenvalue weighted by Crippen LogP contribution is -2.23. The van der Waals surface area contributed by atoms with Crippen molar-refractivity contribution in [2.75, 3.05) is 5.32 Å². The molecule has 2 aromatic heterocycles. The van der Waals surface area contributed by atoms with Crippen molar-refractivity contribution < 1.29 is 9.72 Å². The van der Waals surface area contributed by atoms with Crippen LogP contribution in [0.25, 0.3) is 11.8 Å². The number of carbonyl (C=O) groups excluding carboxylic acids is 1. The van der Waals surface area contributed by atoms with E-state index in [2.05, 4.69) is 10.6 Å². The lowest BCUT2D eigenvalue weighted by atomic mass is 10.1. The van der Waals surface area contributed by atoms with E-state index in [-0.39, 0.29) is 22.2 Å². The summed E-state index contributed by atoms with van der Waals surface area (Å²) in [5.74, 6) is -0.441. The second-order valence-corrected chi connectivity index (χ2v) is 9.71. The zero-order chi connectivity index (χ0) is 24.9. The number of anilines is 1. The molecule has 1 amide bonds. The number of benzene rings is 1. The standard InChI is InChI=1S/C26H27N5O3S/c1-17-12-19(13-20(15-27)26(32)28-16-23-8-5-11-35-23)18(2)30(17)22-9-10-24(25(14-22)31(33)34)29-21-6-3-4-7-21/h5,8-14,21,29H,3-4,6-7,16H2,1-2H3,(H,28,32)/b20-13+. The highest BCUT2D eigenvalue weighted by Crippen LogP contribution is 2.32. The molecule has 1 aliphatic carbocycles. The van der Waals surface area contributed by atoms with Crippen LogP contribution in [0.1, 0.15) is 47.5 Å². The average molecular weight is 490 g/mol. The van der Waals surface area contributed by atoms with Gasteiger partial charge in [-0.2, -0.15) is 5.26 Å². The minimum atomic E-state index is -0.441. The number of rotatable bonds is 8. The van der Waals surface area contributed by atoms with Crippen LogP contribution in [0.4, 0.5) is 11.4 Å². The first-order valence-electron chi connectivity index (χ1n) is 11.5. The van der Waals surface area contributed by atoms with E-state index in [4.69, 9.17) is 0 Å². The van der Waals surface area contributed by atoms with E-state index in [1.54, 1.807) is 18.2 Å². The molecule has 9 heteroatoms. The number of amides is 1. The lowest BCUT2D eigenvalue weighted by Gasteiger charge is -2.15. The van der Waals surface area contributed by atoms with Crippen molar-refractivity contribution in [1.82, 2.24) is 9.88 Å². The van der Waals surface area contributed by atoms with E-state index in [1.807, 2.05) is 54.1 Å². The lowest BCUT2D eigenvalue weighted by molar-refractivity contribution is -0.384. The highest BCUT2D eigenvalue weighted by Gasteiger charge is 2.22. The minimum absolute atomic E-state index is 0.00361. The van der Waals surface area contributed by atoms with Gasteiger partial charge in [-0.25, -0.2) is 0 Å². The van der Waals surface area contributed by atoms with Crippen LogP contribution in [-0.4, -0.2) is 21.4 Å². The zero-order valence-corrected chi connectivity index (χ0v) is 20.5. The van der Waals surface area contributed by atoms with E-state index in [9.17, 15) is 20.2 Å². The van der Waals surface area contributed by atoms with Crippen molar-refractivity contribution in [2.24, 2.45) is 0 Å². The van der Waals surface area contributed by atoms with E-state index in [0.717, 1.165) is 41.9 Å². The summed E-state index contributed by atoms with van der Waals surface area (Å²) in [6.07, 6.45) is 5.88.